The highest BCUT2D eigenvalue weighted by molar-refractivity contribution is 5.79. The summed E-state index contributed by atoms with van der Waals surface area (Å²) in [6.07, 6.45) is 5.40. The van der Waals surface area contributed by atoms with Crippen molar-refractivity contribution in [2.24, 2.45) is 0 Å². The van der Waals surface area contributed by atoms with E-state index >= 15 is 0 Å². The molecule has 0 radical (unpaired) electrons. The largest absolute Gasteiger partial charge is 0.492 e. The van der Waals surface area contributed by atoms with Crippen LogP contribution in [0.2, 0.25) is 0 Å². The fraction of sp³-hybridized carbons (Fsp3) is 0.296. The molecule has 0 saturated carbocycles. The van der Waals surface area contributed by atoms with Gasteiger partial charge in [0.1, 0.15) is 18.2 Å². The number of ether oxygens (including phenoxy) is 1. The number of rotatable bonds is 11. The van der Waals surface area contributed by atoms with Gasteiger partial charge in [0, 0.05) is 50.9 Å². The van der Waals surface area contributed by atoms with Gasteiger partial charge in [0.05, 0.1) is 6.42 Å². The zero-order valence-electron chi connectivity index (χ0n) is 19.0. The Morgan fingerprint density at radius 3 is 2.58 bits per heavy atom. The lowest BCUT2D eigenvalue weighted by Crippen LogP contribution is -2.44. The molecule has 1 aliphatic heterocycles. The van der Waals surface area contributed by atoms with Crippen molar-refractivity contribution in [1.29, 1.82) is 0 Å². The van der Waals surface area contributed by atoms with E-state index in [0.717, 1.165) is 49.4 Å². The van der Waals surface area contributed by atoms with E-state index in [1.807, 2.05) is 24.3 Å². The van der Waals surface area contributed by atoms with Crippen LogP contribution in [0, 0.1) is 5.82 Å². The molecule has 33 heavy (non-hydrogen) atoms. The van der Waals surface area contributed by atoms with Crippen LogP contribution in [0.1, 0.15) is 5.56 Å². The van der Waals surface area contributed by atoms with E-state index in [4.69, 9.17) is 4.74 Å². The third kappa shape index (κ3) is 7.70. The summed E-state index contributed by atoms with van der Waals surface area (Å²) >= 11 is 0. The molecular weight excluding hydrogens is 417 g/mol. The van der Waals surface area contributed by atoms with Gasteiger partial charge in [-0.25, -0.2) is 4.39 Å². The quantitative estimate of drug-likeness (QED) is 0.514. The minimum atomic E-state index is -0.328. The van der Waals surface area contributed by atoms with Gasteiger partial charge < -0.3 is 15.4 Å². The first-order valence-corrected chi connectivity index (χ1v) is 11.2. The van der Waals surface area contributed by atoms with Crippen LogP contribution >= 0.6 is 0 Å². The minimum Gasteiger partial charge on any atom is -0.492 e. The summed E-state index contributed by atoms with van der Waals surface area (Å²) in [6.45, 7) is 13.1. The molecule has 0 bridgehead atoms. The lowest BCUT2D eigenvalue weighted by Gasteiger charge is -2.26. The molecule has 1 heterocycles. The Kier molecular flexibility index (Phi) is 9.42. The molecule has 3 rings (SSSR count). The molecular formula is C27H32FN3O2. The van der Waals surface area contributed by atoms with Gasteiger partial charge in [0.25, 0.3) is 0 Å². The summed E-state index contributed by atoms with van der Waals surface area (Å²) in [5.41, 5.74) is 3.01. The summed E-state index contributed by atoms with van der Waals surface area (Å²) in [6, 6.07) is 12.3. The van der Waals surface area contributed by atoms with Crippen molar-refractivity contribution in [2.75, 3.05) is 45.9 Å². The molecule has 2 N–H and O–H groups in total. The third-order valence-corrected chi connectivity index (χ3v) is 5.54. The van der Waals surface area contributed by atoms with Crippen LogP contribution in [-0.2, 0) is 11.2 Å². The predicted molar refractivity (Wildman–Crippen MR) is 132 cm³/mol. The van der Waals surface area contributed by atoms with Crippen LogP contribution in [0.4, 0.5) is 4.39 Å². The smallest absolute Gasteiger partial charge is 0.224 e. The molecule has 1 aliphatic rings. The average molecular weight is 450 g/mol. The number of piperazine rings is 1. The van der Waals surface area contributed by atoms with Gasteiger partial charge >= 0.3 is 0 Å². The van der Waals surface area contributed by atoms with Crippen molar-refractivity contribution in [3.63, 3.8) is 0 Å². The lowest BCUT2D eigenvalue weighted by atomic mass is 10.0. The van der Waals surface area contributed by atoms with Crippen LogP contribution in [-0.4, -0.2) is 56.7 Å². The number of nitrogens with one attached hydrogen (secondary N) is 2. The second kappa shape index (κ2) is 12.7. The SMILES string of the molecule is C=C/C=C(\C=C)CNC(=O)Cc1ccc(-c2ccc(OCCN3CCNCC3)cc2F)cc1. The Morgan fingerprint density at radius 2 is 1.91 bits per heavy atom. The van der Waals surface area contributed by atoms with Gasteiger partial charge in [-0.3, -0.25) is 9.69 Å². The van der Waals surface area contributed by atoms with E-state index in [9.17, 15) is 9.18 Å². The monoisotopic (exact) mass is 449 g/mol. The summed E-state index contributed by atoms with van der Waals surface area (Å²) in [5.74, 6) is 0.114. The first kappa shape index (κ1) is 24.4. The molecule has 1 saturated heterocycles. The van der Waals surface area contributed by atoms with Crippen molar-refractivity contribution in [1.82, 2.24) is 15.5 Å². The highest BCUT2D eigenvalue weighted by Gasteiger charge is 2.11. The normalized spacial score (nSPS) is 14.5. The second-order valence-corrected chi connectivity index (χ2v) is 7.91. The number of hydrogen-bond acceptors (Lipinski definition) is 4. The highest BCUT2D eigenvalue weighted by Crippen LogP contribution is 2.26. The number of hydrogen-bond donors (Lipinski definition) is 2. The van der Waals surface area contributed by atoms with E-state index in [-0.39, 0.29) is 18.1 Å². The fourth-order valence-corrected chi connectivity index (χ4v) is 3.65. The highest BCUT2D eigenvalue weighted by atomic mass is 19.1. The van der Waals surface area contributed by atoms with Crippen molar-refractivity contribution in [3.8, 4) is 16.9 Å². The van der Waals surface area contributed by atoms with Crippen molar-refractivity contribution in [3.05, 3.63) is 90.8 Å². The summed E-state index contributed by atoms with van der Waals surface area (Å²) in [7, 11) is 0. The summed E-state index contributed by atoms with van der Waals surface area (Å²) < 4.78 is 20.5. The Hall–Kier alpha value is -3.22. The molecule has 6 heteroatoms. The van der Waals surface area contributed by atoms with Gasteiger partial charge in [-0.05, 0) is 28.8 Å². The molecule has 2 aromatic rings. The first-order chi connectivity index (χ1) is 16.1. The number of carbonyl (C=O) groups is 1. The number of halogens is 1. The molecule has 5 nitrogen and oxygen atoms in total. The summed E-state index contributed by atoms with van der Waals surface area (Å²) in [4.78, 5) is 14.5. The summed E-state index contributed by atoms with van der Waals surface area (Å²) in [5, 5.41) is 6.18. The third-order valence-electron chi connectivity index (χ3n) is 5.54. The van der Waals surface area contributed by atoms with Crippen LogP contribution in [0.25, 0.3) is 11.1 Å². The standard InChI is InChI=1S/C27H32FN3O2/c1-3-5-21(4-2)20-30-27(32)18-22-6-8-23(9-7-22)25-11-10-24(19-26(25)28)33-17-16-31-14-12-29-13-15-31/h3-11,19,29H,1-2,12-18,20H2,(H,30,32)/b21-5+. The van der Waals surface area contributed by atoms with E-state index in [2.05, 4.69) is 28.7 Å². The molecule has 0 atom stereocenters. The van der Waals surface area contributed by atoms with Crippen molar-refractivity contribution >= 4 is 5.91 Å². The molecule has 0 aromatic heterocycles. The predicted octanol–water partition coefficient (Wildman–Crippen LogP) is 3.73. The van der Waals surface area contributed by atoms with Gasteiger partial charge in [0.2, 0.25) is 5.91 Å². The van der Waals surface area contributed by atoms with Gasteiger partial charge in [0.15, 0.2) is 0 Å². The minimum absolute atomic E-state index is 0.0898. The Balaban J connectivity index is 1.52. The number of benzene rings is 2. The van der Waals surface area contributed by atoms with Gasteiger partial charge in [-0.15, -0.1) is 0 Å². The lowest BCUT2D eigenvalue weighted by molar-refractivity contribution is -0.120. The molecule has 1 amide bonds. The maximum absolute atomic E-state index is 14.7. The number of carbonyl (C=O) groups excluding carboxylic acids is 1. The Labute approximate surface area is 195 Å². The molecule has 1 fully saturated rings. The van der Waals surface area contributed by atoms with Crippen molar-refractivity contribution < 1.29 is 13.9 Å². The number of nitrogens with zero attached hydrogens (tertiary/aromatic N) is 1. The second-order valence-electron chi connectivity index (χ2n) is 7.91. The first-order valence-electron chi connectivity index (χ1n) is 11.2. The molecule has 0 aliphatic carbocycles. The zero-order valence-corrected chi connectivity index (χ0v) is 19.0. The topological polar surface area (TPSA) is 53.6 Å². The van der Waals surface area contributed by atoms with Crippen LogP contribution in [0.15, 0.2) is 79.4 Å². The number of amides is 1. The molecule has 2 aromatic carbocycles. The maximum atomic E-state index is 14.7. The Morgan fingerprint density at radius 1 is 1.15 bits per heavy atom. The van der Waals surface area contributed by atoms with Gasteiger partial charge in [-0.1, -0.05) is 55.7 Å². The van der Waals surface area contributed by atoms with Gasteiger partial charge in [-0.2, -0.15) is 0 Å². The zero-order chi connectivity index (χ0) is 23.5. The average Bonchev–Trinajstić information content (AvgIpc) is 2.83. The maximum Gasteiger partial charge on any atom is 0.224 e. The van der Waals surface area contributed by atoms with Crippen LogP contribution in [0.5, 0.6) is 5.75 Å². The molecule has 0 unspecified atom stereocenters. The van der Waals surface area contributed by atoms with Crippen molar-refractivity contribution in [2.45, 2.75) is 6.42 Å². The molecule has 174 valence electrons. The van der Waals surface area contributed by atoms with Crippen LogP contribution < -0.4 is 15.4 Å². The number of allylic oxidation sites excluding steroid dienone is 2. The van der Waals surface area contributed by atoms with E-state index in [1.165, 1.54) is 6.07 Å². The van der Waals surface area contributed by atoms with Crippen LogP contribution in [0.3, 0.4) is 0 Å². The molecule has 0 spiro atoms. The van der Waals surface area contributed by atoms with E-state index < -0.39 is 0 Å². The van der Waals surface area contributed by atoms with E-state index in [0.29, 0.717) is 24.5 Å². The fourth-order valence-electron chi connectivity index (χ4n) is 3.65. The Bertz CT molecular complexity index is 979. The van der Waals surface area contributed by atoms with E-state index in [1.54, 1.807) is 30.4 Å².